The topological polar surface area (TPSA) is 61.1 Å². The molecule has 4 rings (SSSR count). The van der Waals surface area contributed by atoms with Crippen LogP contribution in [0.3, 0.4) is 0 Å². The van der Waals surface area contributed by atoms with Crippen LogP contribution in [0.2, 0.25) is 0 Å². The Kier molecular flexibility index (Phi) is 3.34. The van der Waals surface area contributed by atoms with Gasteiger partial charge in [-0.15, -0.1) is 0 Å². The highest BCUT2D eigenvalue weighted by molar-refractivity contribution is 5.97. The van der Waals surface area contributed by atoms with Gasteiger partial charge in [-0.3, -0.25) is 9.48 Å². The maximum Gasteiger partial charge on any atom is 0.257 e. The van der Waals surface area contributed by atoms with Crippen LogP contribution in [0.5, 0.6) is 5.75 Å². The number of amides is 1. The minimum Gasteiger partial charge on any atom is -0.488 e. The van der Waals surface area contributed by atoms with E-state index in [2.05, 4.69) is 10.4 Å². The summed E-state index contributed by atoms with van der Waals surface area (Å²) in [5.41, 5.74) is 1.09. The number of carbonyl (C=O) groups is 1. The van der Waals surface area contributed by atoms with Gasteiger partial charge in [0.15, 0.2) is 11.6 Å². The zero-order valence-electron chi connectivity index (χ0n) is 12.9. The molecular weight excluding hydrogens is 311 g/mol. The van der Waals surface area contributed by atoms with E-state index in [1.54, 1.807) is 23.9 Å². The van der Waals surface area contributed by atoms with Gasteiger partial charge in [-0.1, -0.05) is 12.1 Å². The lowest BCUT2D eigenvalue weighted by Crippen LogP contribution is -2.30. The lowest BCUT2D eigenvalue weighted by molar-refractivity contribution is 0.0930. The predicted octanol–water partition coefficient (Wildman–Crippen LogP) is 2.21. The SMILES string of the molecule is Cn1ncc(C(=O)NC2COc3c(F)cccc32)c1-n1cccc1. The maximum atomic E-state index is 13.7. The van der Waals surface area contributed by atoms with Gasteiger partial charge in [0, 0.05) is 25.0 Å². The molecule has 1 atom stereocenters. The van der Waals surface area contributed by atoms with Crippen LogP contribution in [0.15, 0.2) is 48.9 Å². The van der Waals surface area contributed by atoms with E-state index in [4.69, 9.17) is 4.74 Å². The van der Waals surface area contributed by atoms with Crippen LogP contribution >= 0.6 is 0 Å². The van der Waals surface area contributed by atoms with Gasteiger partial charge in [0.1, 0.15) is 18.0 Å². The highest BCUT2D eigenvalue weighted by Crippen LogP contribution is 2.34. The molecule has 3 heterocycles. The smallest absolute Gasteiger partial charge is 0.257 e. The fraction of sp³-hybridized carbons (Fsp3) is 0.176. The van der Waals surface area contributed by atoms with Gasteiger partial charge < -0.3 is 14.6 Å². The van der Waals surface area contributed by atoms with Crippen molar-refractivity contribution in [2.75, 3.05) is 6.61 Å². The molecule has 1 N–H and O–H groups in total. The van der Waals surface area contributed by atoms with E-state index >= 15 is 0 Å². The molecule has 0 saturated heterocycles. The summed E-state index contributed by atoms with van der Waals surface area (Å²) in [6.45, 7) is 0.209. The van der Waals surface area contributed by atoms with E-state index in [9.17, 15) is 9.18 Å². The van der Waals surface area contributed by atoms with E-state index in [0.29, 0.717) is 16.9 Å². The molecule has 0 radical (unpaired) electrons. The number of hydrogen-bond donors (Lipinski definition) is 1. The molecule has 1 amide bonds. The highest BCUT2D eigenvalue weighted by atomic mass is 19.1. The quantitative estimate of drug-likeness (QED) is 0.803. The zero-order chi connectivity index (χ0) is 16.7. The monoisotopic (exact) mass is 326 g/mol. The van der Waals surface area contributed by atoms with Gasteiger partial charge >= 0.3 is 0 Å². The summed E-state index contributed by atoms with van der Waals surface area (Å²) in [4.78, 5) is 12.7. The number of rotatable bonds is 3. The Morgan fingerprint density at radius 3 is 2.92 bits per heavy atom. The third-order valence-electron chi connectivity index (χ3n) is 4.07. The van der Waals surface area contributed by atoms with Crippen molar-refractivity contribution in [2.24, 2.45) is 7.05 Å². The Bertz CT molecular complexity index is 901. The molecule has 0 aliphatic carbocycles. The summed E-state index contributed by atoms with van der Waals surface area (Å²) >= 11 is 0. The molecule has 0 spiro atoms. The minimum absolute atomic E-state index is 0.208. The van der Waals surface area contributed by atoms with Gasteiger partial charge in [0.25, 0.3) is 5.91 Å². The Balaban J connectivity index is 1.63. The summed E-state index contributed by atoms with van der Waals surface area (Å²) in [5, 5.41) is 7.07. The van der Waals surface area contributed by atoms with Crippen molar-refractivity contribution < 1.29 is 13.9 Å². The average molecular weight is 326 g/mol. The van der Waals surface area contributed by atoms with Crippen LogP contribution in [0.25, 0.3) is 5.82 Å². The van der Waals surface area contributed by atoms with Crippen molar-refractivity contribution in [3.05, 3.63) is 65.9 Å². The Labute approximate surface area is 137 Å². The van der Waals surface area contributed by atoms with Crippen molar-refractivity contribution in [1.29, 1.82) is 0 Å². The van der Waals surface area contributed by atoms with E-state index in [-0.39, 0.29) is 24.3 Å². The average Bonchev–Trinajstić information content (AvgIpc) is 3.27. The number of aromatic nitrogens is 3. The van der Waals surface area contributed by atoms with Crippen LogP contribution in [-0.4, -0.2) is 26.9 Å². The zero-order valence-corrected chi connectivity index (χ0v) is 12.9. The molecule has 0 bridgehead atoms. The van der Waals surface area contributed by atoms with E-state index < -0.39 is 5.82 Å². The Morgan fingerprint density at radius 2 is 2.12 bits per heavy atom. The normalized spacial score (nSPS) is 15.8. The first-order valence-electron chi connectivity index (χ1n) is 7.52. The van der Waals surface area contributed by atoms with Crippen LogP contribution < -0.4 is 10.1 Å². The largest absolute Gasteiger partial charge is 0.488 e. The summed E-state index contributed by atoms with van der Waals surface area (Å²) in [7, 11) is 1.77. The highest BCUT2D eigenvalue weighted by Gasteiger charge is 2.29. The van der Waals surface area contributed by atoms with Gasteiger partial charge in [-0.05, 0) is 18.2 Å². The van der Waals surface area contributed by atoms with E-state index in [1.165, 1.54) is 12.3 Å². The molecule has 1 aromatic carbocycles. The number of carbonyl (C=O) groups excluding carboxylic acids is 1. The predicted molar refractivity (Wildman–Crippen MR) is 84.6 cm³/mol. The standard InChI is InChI=1S/C17H15FN4O2/c1-21-17(22-7-2-3-8-22)12(9-19-21)16(23)20-14-10-24-15-11(14)5-4-6-13(15)18/h2-9,14H,10H2,1H3,(H,20,23). The Morgan fingerprint density at radius 1 is 1.33 bits per heavy atom. The molecule has 3 aromatic rings. The lowest BCUT2D eigenvalue weighted by Gasteiger charge is -2.12. The number of aryl methyl sites for hydroxylation is 1. The van der Waals surface area contributed by atoms with Gasteiger partial charge in [-0.25, -0.2) is 4.39 Å². The number of nitrogens with one attached hydrogen (secondary N) is 1. The fourth-order valence-corrected chi connectivity index (χ4v) is 2.94. The molecular formula is C17H15FN4O2. The number of hydrogen-bond acceptors (Lipinski definition) is 3. The molecule has 6 nitrogen and oxygen atoms in total. The number of benzene rings is 1. The van der Waals surface area contributed by atoms with E-state index in [0.717, 1.165) is 0 Å². The molecule has 122 valence electrons. The summed E-state index contributed by atoms with van der Waals surface area (Å²) in [5.74, 6) is 0.173. The fourth-order valence-electron chi connectivity index (χ4n) is 2.94. The van der Waals surface area contributed by atoms with Crippen molar-refractivity contribution in [1.82, 2.24) is 19.7 Å². The molecule has 7 heteroatoms. The van der Waals surface area contributed by atoms with Crippen LogP contribution in [0.4, 0.5) is 4.39 Å². The molecule has 1 aliphatic heterocycles. The maximum absolute atomic E-state index is 13.7. The lowest BCUT2D eigenvalue weighted by atomic mass is 10.1. The molecule has 0 fully saturated rings. The minimum atomic E-state index is -0.418. The molecule has 24 heavy (non-hydrogen) atoms. The Hall–Kier alpha value is -3.09. The first-order chi connectivity index (χ1) is 11.6. The second-order valence-electron chi connectivity index (χ2n) is 5.59. The third-order valence-corrected chi connectivity index (χ3v) is 4.07. The van der Waals surface area contributed by atoms with Crippen LogP contribution in [0, 0.1) is 5.82 Å². The van der Waals surface area contributed by atoms with Gasteiger partial charge in [-0.2, -0.15) is 5.10 Å². The second kappa shape index (κ2) is 5.52. The first-order valence-corrected chi connectivity index (χ1v) is 7.52. The molecule has 2 aromatic heterocycles. The third kappa shape index (κ3) is 2.25. The first kappa shape index (κ1) is 14.5. The molecule has 1 unspecified atom stereocenters. The number of ether oxygens (including phenoxy) is 1. The number of fused-ring (bicyclic) bond motifs is 1. The van der Waals surface area contributed by atoms with Gasteiger partial charge in [0.05, 0.1) is 12.2 Å². The molecule has 0 saturated carbocycles. The number of nitrogens with zero attached hydrogens (tertiary/aromatic N) is 3. The van der Waals surface area contributed by atoms with Gasteiger partial charge in [0.2, 0.25) is 0 Å². The van der Waals surface area contributed by atoms with Crippen LogP contribution in [0.1, 0.15) is 22.0 Å². The summed E-state index contributed by atoms with van der Waals surface area (Å²) in [6.07, 6.45) is 5.21. The second-order valence-corrected chi connectivity index (χ2v) is 5.59. The van der Waals surface area contributed by atoms with Crippen LogP contribution in [-0.2, 0) is 7.05 Å². The van der Waals surface area contributed by atoms with E-state index in [1.807, 2.05) is 29.1 Å². The number of halogens is 1. The van der Waals surface area contributed by atoms with Crippen molar-refractivity contribution in [3.63, 3.8) is 0 Å². The van der Waals surface area contributed by atoms with Crippen molar-refractivity contribution in [3.8, 4) is 11.6 Å². The van der Waals surface area contributed by atoms with Crippen molar-refractivity contribution in [2.45, 2.75) is 6.04 Å². The van der Waals surface area contributed by atoms with Crippen molar-refractivity contribution >= 4 is 5.91 Å². The summed E-state index contributed by atoms with van der Waals surface area (Å²) < 4.78 is 22.5. The molecule has 1 aliphatic rings. The summed E-state index contributed by atoms with van der Waals surface area (Å²) in [6, 6.07) is 8.07. The number of para-hydroxylation sites is 1.